The van der Waals surface area contributed by atoms with Crippen LogP contribution in [-0.4, -0.2) is 5.91 Å². The Morgan fingerprint density at radius 1 is 0.472 bits per heavy atom. The molecule has 2 heteroatoms. The van der Waals surface area contributed by atoms with Gasteiger partial charge in [0.15, 0.2) is 0 Å². The average Bonchev–Trinajstić information content (AvgIpc) is 2.87. The Bertz CT molecular complexity index is 458. The first-order valence-electron chi connectivity index (χ1n) is 16.7. The molecule has 0 aromatic rings. The third-order valence-electron chi connectivity index (χ3n) is 7.87. The maximum Gasteiger partial charge on any atom is 0.220 e. The van der Waals surface area contributed by atoms with Gasteiger partial charge in [0.05, 0.1) is 0 Å². The van der Waals surface area contributed by atoms with Gasteiger partial charge in [0.1, 0.15) is 0 Å². The van der Waals surface area contributed by atoms with Crippen LogP contribution < -0.4 is 5.73 Å². The zero-order chi connectivity index (χ0) is 26.4. The molecule has 0 spiro atoms. The lowest BCUT2D eigenvalue weighted by atomic mass is 9.93. The molecular weight excluding hydrogens is 438 g/mol. The van der Waals surface area contributed by atoms with Crippen LogP contribution in [0.25, 0.3) is 0 Å². The summed E-state index contributed by atoms with van der Waals surface area (Å²) in [5.41, 5.74) is 5.70. The number of nitrogens with two attached hydrogens (primary N) is 1. The second-order valence-corrected chi connectivity index (χ2v) is 11.5. The summed E-state index contributed by atoms with van der Waals surface area (Å²) >= 11 is 0. The van der Waals surface area contributed by atoms with Crippen molar-refractivity contribution in [1.29, 1.82) is 0 Å². The number of carbonyl (C=O) groups is 1. The minimum Gasteiger partial charge on any atom is -0.369 e. The maximum atomic E-state index is 11.8. The summed E-state index contributed by atoms with van der Waals surface area (Å²) in [6, 6.07) is 0. The Kier molecular flexibility index (Phi) is 29.8. The first-order valence-corrected chi connectivity index (χ1v) is 16.7. The Morgan fingerprint density at radius 3 is 1.06 bits per heavy atom. The van der Waals surface area contributed by atoms with E-state index in [0.29, 0.717) is 0 Å². The van der Waals surface area contributed by atoms with Crippen LogP contribution in [0.5, 0.6) is 0 Å². The maximum absolute atomic E-state index is 11.8. The van der Waals surface area contributed by atoms with Crippen molar-refractivity contribution in [3.05, 3.63) is 12.2 Å². The Labute approximate surface area is 228 Å². The van der Waals surface area contributed by atoms with Gasteiger partial charge in [-0.2, -0.15) is 0 Å². The molecule has 0 aliphatic heterocycles. The molecule has 36 heavy (non-hydrogen) atoms. The molecule has 214 valence electrons. The molecule has 2 N–H and O–H groups in total. The molecule has 0 aromatic heterocycles. The zero-order valence-corrected chi connectivity index (χ0v) is 25.0. The fraction of sp³-hybridized carbons (Fsp3) is 0.912. The third-order valence-corrected chi connectivity index (χ3v) is 7.87. The SMILES string of the molecule is CCCCCCCC/C=C\CCCCCCC(CCCCCCCCCCCCCCCC)C(N)=O. The van der Waals surface area contributed by atoms with Crippen LogP contribution in [0.1, 0.15) is 194 Å². The van der Waals surface area contributed by atoms with Gasteiger partial charge in [0.25, 0.3) is 0 Å². The smallest absolute Gasteiger partial charge is 0.220 e. The molecular formula is C34H67NO. The van der Waals surface area contributed by atoms with Gasteiger partial charge in [-0.25, -0.2) is 0 Å². The molecule has 1 amide bonds. The van der Waals surface area contributed by atoms with Gasteiger partial charge >= 0.3 is 0 Å². The van der Waals surface area contributed by atoms with Gasteiger partial charge < -0.3 is 5.73 Å². The third kappa shape index (κ3) is 27.8. The molecule has 0 bridgehead atoms. The molecule has 1 atom stereocenters. The molecule has 0 heterocycles. The number of carbonyl (C=O) groups excluding carboxylic acids is 1. The quantitative estimate of drug-likeness (QED) is 0.0765. The number of hydrogen-bond acceptors (Lipinski definition) is 1. The van der Waals surface area contributed by atoms with Crippen LogP contribution in [0.3, 0.4) is 0 Å². The lowest BCUT2D eigenvalue weighted by Crippen LogP contribution is -2.23. The number of unbranched alkanes of at least 4 members (excludes halogenated alkanes) is 23. The van der Waals surface area contributed by atoms with Crippen LogP contribution in [-0.2, 0) is 4.79 Å². The van der Waals surface area contributed by atoms with Gasteiger partial charge in [0.2, 0.25) is 5.91 Å². The lowest BCUT2D eigenvalue weighted by molar-refractivity contribution is -0.122. The van der Waals surface area contributed by atoms with Gasteiger partial charge in [-0.3, -0.25) is 4.79 Å². The number of rotatable bonds is 30. The standard InChI is InChI=1S/C34H67NO/c1-3-5-7-9-11-13-15-17-19-21-23-25-27-29-31-33(34(35)36)32-30-28-26-24-22-20-18-16-14-12-10-8-6-4-2/h17,19,33H,3-16,18,20-32H2,1-2H3,(H2,35,36)/b19-17-. The summed E-state index contributed by atoms with van der Waals surface area (Å²) < 4.78 is 0. The highest BCUT2D eigenvalue weighted by Gasteiger charge is 2.14. The van der Waals surface area contributed by atoms with Crippen LogP contribution >= 0.6 is 0 Å². The van der Waals surface area contributed by atoms with E-state index in [1.165, 1.54) is 161 Å². The van der Waals surface area contributed by atoms with E-state index in [1.807, 2.05) is 0 Å². The van der Waals surface area contributed by atoms with Crippen molar-refractivity contribution in [1.82, 2.24) is 0 Å². The highest BCUT2D eigenvalue weighted by Crippen LogP contribution is 2.19. The number of amides is 1. The van der Waals surface area contributed by atoms with Crippen LogP contribution in [0.2, 0.25) is 0 Å². The summed E-state index contributed by atoms with van der Waals surface area (Å²) in [7, 11) is 0. The molecule has 0 saturated heterocycles. The number of allylic oxidation sites excluding steroid dienone is 2. The van der Waals surface area contributed by atoms with Crippen molar-refractivity contribution < 1.29 is 4.79 Å². The van der Waals surface area contributed by atoms with Gasteiger partial charge in [-0.15, -0.1) is 0 Å². The van der Waals surface area contributed by atoms with E-state index >= 15 is 0 Å². The van der Waals surface area contributed by atoms with Gasteiger partial charge in [-0.1, -0.05) is 167 Å². The summed E-state index contributed by atoms with van der Waals surface area (Å²) in [4.78, 5) is 11.8. The van der Waals surface area contributed by atoms with Crippen LogP contribution in [0, 0.1) is 5.92 Å². The Morgan fingerprint density at radius 2 is 0.750 bits per heavy atom. The summed E-state index contributed by atoms with van der Waals surface area (Å²) in [5.74, 6) is 0.0434. The largest absolute Gasteiger partial charge is 0.369 e. The highest BCUT2D eigenvalue weighted by atomic mass is 16.1. The zero-order valence-electron chi connectivity index (χ0n) is 25.0. The summed E-state index contributed by atoms with van der Waals surface area (Å²) in [5, 5.41) is 0. The Hall–Kier alpha value is -0.790. The minimum atomic E-state index is -0.0673. The second kappa shape index (κ2) is 30.4. The van der Waals surface area contributed by atoms with Crippen LogP contribution in [0.15, 0.2) is 12.2 Å². The normalized spacial score (nSPS) is 12.5. The first kappa shape index (κ1) is 35.2. The predicted octanol–water partition coefficient (Wildman–Crippen LogP) is 11.6. The molecule has 0 saturated carbocycles. The molecule has 0 rings (SSSR count). The van der Waals surface area contributed by atoms with Gasteiger partial charge in [0, 0.05) is 5.92 Å². The number of primary amides is 1. The van der Waals surface area contributed by atoms with E-state index in [4.69, 9.17) is 5.73 Å². The molecule has 0 radical (unpaired) electrons. The Balaban J connectivity index is 3.45. The second-order valence-electron chi connectivity index (χ2n) is 11.5. The molecule has 0 fully saturated rings. The average molecular weight is 506 g/mol. The van der Waals surface area contributed by atoms with E-state index < -0.39 is 0 Å². The predicted molar refractivity (Wildman–Crippen MR) is 162 cm³/mol. The van der Waals surface area contributed by atoms with E-state index in [0.717, 1.165) is 19.3 Å². The van der Waals surface area contributed by atoms with Crippen molar-refractivity contribution in [2.75, 3.05) is 0 Å². The van der Waals surface area contributed by atoms with Gasteiger partial charge in [-0.05, 0) is 38.5 Å². The minimum absolute atomic E-state index is 0.0673. The van der Waals surface area contributed by atoms with E-state index in [9.17, 15) is 4.79 Å². The summed E-state index contributed by atoms with van der Waals surface area (Å²) in [6.07, 6.45) is 41.9. The van der Waals surface area contributed by atoms with Crippen molar-refractivity contribution in [2.24, 2.45) is 11.7 Å². The molecule has 2 nitrogen and oxygen atoms in total. The van der Waals surface area contributed by atoms with Crippen molar-refractivity contribution in [2.45, 2.75) is 194 Å². The monoisotopic (exact) mass is 506 g/mol. The molecule has 0 aromatic carbocycles. The van der Waals surface area contributed by atoms with E-state index in [1.54, 1.807) is 0 Å². The lowest BCUT2D eigenvalue weighted by Gasteiger charge is -2.13. The fourth-order valence-corrected chi connectivity index (χ4v) is 5.30. The van der Waals surface area contributed by atoms with Crippen molar-refractivity contribution in [3.63, 3.8) is 0 Å². The first-order chi connectivity index (χ1) is 17.7. The molecule has 0 aliphatic carbocycles. The van der Waals surface area contributed by atoms with E-state index in [2.05, 4.69) is 26.0 Å². The summed E-state index contributed by atoms with van der Waals surface area (Å²) in [6.45, 7) is 4.57. The van der Waals surface area contributed by atoms with Crippen molar-refractivity contribution in [3.8, 4) is 0 Å². The number of hydrogen-bond donors (Lipinski definition) is 1. The van der Waals surface area contributed by atoms with Crippen LogP contribution in [0.4, 0.5) is 0 Å². The topological polar surface area (TPSA) is 43.1 Å². The van der Waals surface area contributed by atoms with E-state index in [-0.39, 0.29) is 11.8 Å². The molecule has 1 unspecified atom stereocenters. The fourth-order valence-electron chi connectivity index (χ4n) is 5.30. The molecule has 0 aliphatic rings. The highest BCUT2D eigenvalue weighted by molar-refractivity contribution is 5.76. The van der Waals surface area contributed by atoms with Crippen molar-refractivity contribution >= 4 is 5.91 Å².